The van der Waals surface area contributed by atoms with E-state index in [1.54, 1.807) is 0 Å². The average Bonchev–Trinajstić information content (AvgIpc) is 2.18. The summed E-state index contributed by atoms with van der Waals surface area (Å²) >= 11 is 0. The van der Waals surface area contributed by atoms with E-state index in [1.165, 1.54) is 7.11 Å². The summed E-state index contributed by atoms with van der Waals surface area (Å²) in [6.07, 6.45) is -0.198. The first-order chi connectivity index (χ1) is 6.83. The molecule has 0 aromatic carbocycles. The Bertz CT molecular complexity index is 246. The van der Waals surface area contributed by atoms with E-state index < -0.39 is 17.5 Å². The number of halogens is 2. The van der Waals surface area contributed by atoms with E-state index in [4.69, 9.17) is 9.84 Å². The van der Waals surface area contributed by atoms with Gasteiger partial charge in [0.2, 0.25) is 0 Å². The topological polar surface area (TPSA) is 66.8 Å². The first-order valence-corrected chi connectivity index (χ1v) is 4.70. The first kappa shape index (κ1) is 12.3. The first-order valence-electron chi connectivity index (χ1n) is 4.70. The number of aliphatic carboxylic acids is 1. The molecule has 88 valence electrons. The van der Waals surface area contributed by atoms with Gasteiger partial charge in [-0.05, 0) is 25.7 Å². The lowest BCUT2D eigenvalue weighted by Crippen LogP contribution is -2.55. The summed E-state index contributed by atoms with van der Waals surface area (Å²) in [5.41, 5.74) is -2.44. The largest absolute Gasteiger partial charge is 0.477 e. The van der Waals surface area contributed by atoms with Crippen molar-refractivity contribution < 1.29 is 28.5 Å². The predicted octanol–water partition coefficient (Wildman–Crippen LogP) is 1.03. The Morgan fingerprint density at radius 2 is 1.93 bits per heavy atom. The van der Waals surface area contributed by atoms with Crippen molar-refractivity contribution in [1.82, 2.24) is 0 Å². The zero-order chi connectivity index (χ0) is 11.7. The minimum absolute atomic E-state index is 0.171. The number of hydrogen-bond donors (Lipinski definition) is 2. The van der Waals surface area contributed by atoms with Gasteiger partial charge in [0.15, 0.2) is 0 Å². The van der Waals surface area contributed by atoms with Crippen LogP contribution in [0.2, 0.25) is 0 Å². The van der Waals surface area contributed by atoms with Gasteiger partial charge in [0, 0.05) is 7.11 Å². The second kappa shape index (κ2) is 4.02. The summed E-state index contributed by atoms with van der Waals surface area (Å²) in [5, 5.41) is 17.9. The van der Waals surface area contributed by atoms with Gasteiger partial charge in [-0.2, -0.15) is 8.78 Å². The third-order valence-electron chi connectivity index (χ3n) is 2.95. The SMILES string of the molecule is COC1CCC(O)(C(F)(F)C(=O)O)CC1. The van der Waals surface area contributed by atoms with Crippen molar-refractivity contribution in [3.8, 4) is 0 Å². The van der Waals surface area contributed by atoms with Gasteiger partial charge in [-0.15, -0.1) is 0 Å². The van der Waals surface area contributed by atoms with Gasteiger partial charge in [-0.25, -0.2) is 4.79 Å². The molecule has 0 unspecified atom stereocenters. The van der Waals surface area contributed by atoms with Crippen LogP contribution in [0.15, 0.2) is 0 Å². The van der Waals surface area contributed by atoms with Gasteiger partial charge in [0.1, 0.15) is 5.60 Å². The van der Waals surface area contributed by atoms with Crippen molar-refractivity contribution in [1.29, 1.82) is 0 Å². The fourth-order valence-electron chi connectivity index (χ4n) is 1.82. The van der Waals surface area contributed by atoms with Crippen LogP contribution >= 0.6 is 0 Å². The fraction of sp³-hybridized carbons (Fsp3) is 0.889. The highest BCUT2D eigenvalue weighted by Crippen LogP contribution is 2.41. The van der Waals surface area contributed by atoms with Crippen molar-refractivity contribution in [2.24, 2.45) is 0 Å². The number of methoxy groups -OCH3 is 1. The zero-order valence-electron chi connectivity index (χ0n) is 8.37. The quantitative estimate of drug-likeness (QED) is 0.751. The maximum atomic E-state index is 13.2. The fourth-order valence-corrected chi connectivity index (χ4v) is 1.82. The van der Waals surface area contributed by atoms with E-state index in [1.807, 2.05) is 0 Å². The Morgan fingerprint density at radius 3 is 2.27 bits per heavy atom. The number of carbonyl (C=O) groups is 1. The van der Waals surface area contributed by atoms with Gasteiger partial charge in [-0.3, -0.25) is 0 Å². The van der Waals surface area contributed by atoms with E-state index in [9.17, 15) is 18.7 Å². The third kappa shape index (κ3) is 2.10. The molecule has 0 aliphatic heterocycles. The van der Waals surface area contributed by atoms with E-state index in [-0.39, 0.29) is 31.8 Å². The van der Waals surface area contributed by atoms with Crippen LogP contribution in [0.3, 0.4) is 0 Å². The second-order valence-electron chi connectivity index (χ2n) is 3.85. The van der Waals surface area contributed by atoms with Crippen LogP contribution in [0.25, 0.3) is 0 Å². The molecule has 2 N–H and O–H groups in total. The molecule has 0 spiro atoms. The minimum Gasteiger partial charge on any atom is -0.477 e. The van der Waals surface area contributed by atoms with Crippen molar-refractivity contribution in [2.75, 3.05) is 7.11 Å². The lowest BCUT2D eigenvalue weighted by molar-refractivity contribution is -0.220. The van der Waals surface area contributed by atoms with Crippen LogP contribution < -0.4 is 0 Å². The van der Waals surface area contributed by atoms with E-state index in [0.29, 0.717) is 0 Å². The zero-order valence-corrected chi connectivity index (χ0v) is 8.37. The number of hydrogen-bond acceptors (Lipinski definition) is 3. The summed E-state index contributed by atoms with van der Waals surface area (Å²) in [6.45, 7) is 0. The number of aliphatic hydroxyl groups is 1. The van der Waals surface area contributed by atoms with Crippen LogP contribution in [-0.4, -0.2) is 40.9 Å². The normalized spacial score (nSPS) is 32.7. The van der Waals surface area contributed by atoms with Gasteiger partial charge in [-0.1, -0.05) is 0 Å². The van der Waals surface area contributed by atoms with Gasteiger partial charge in [0.25, 0.3) is 0 Å². The Hall–Kier alpha value is -0.750. The van der Waals surface area contributed by atoms with Gasteiger partial charge >= 0.3 is 11.9 Å². The Balaban J connectivity index is 2.74. The van der Waals surface area contributed by atoms with Gasteiger partial charge < -0.3 is 14.9 Å². The minimum atomic E-state index is -4.09. The van der Waals surface area contributed by atoms with Crippen molar-refractivity contribution in [3.05, 3.63) is 0 Å². The molecule has 1 aliphatic carbocycles. The van der Waals surface area contributed by atoms with Gasteiger partial charge in [0.05, 0.1) is 6.10 Å². The summed E-state index contributed by atoms with van der Waals surface area (Å²) in [5.74, 6) is -6.37. The molecule has 1 fully saturated rings. The number of carboxylic acids is 1. The highest BCUT2D eigenvalue weighted by atomic mass is 19.3. The van der Waals surface area contributed by atoms with Crippen LogP contribution in [-0.2, 0) is 9.53 Å². The van der Waals surface area contributed by atoms with E-state index in [0.717, 1.165) is 0 Å². The predicted molar refractivity (Wildman–Crippen MR) is 46.8 cm³/mol. The molecular formula is C9H14F2O4. The molecule has 1 aliphatic rings. The molecule has 0 atom stereocenters. The third-order valence-corrected chi connectivity index (χ3v) is 2.95. The van der Waals surface area contributed by atoms with Crippen molar-refractivity contribution in [3.63, 3.8) is 0 Å². The average molecular weight is 224 g/mol. The molecule has 0 bridgehead atoms. The summed E-state index contributed by atoms with van der Waals surface area (Å²) in [4.78, 5) is 10.3. The molecule has 0 aromatic heterocycles. The monoisotopic (exact) mass is 224 g/mol. The molecule has 0 aromatic rings. The Kier molecular flexibility index (Phi) is 3.30. The lowest BCUT2D eigenvalue weighted by Gasteiger charge is -2.38. The van der Waals surface area contributed by atoms with Crippen LogP contribution in [0, 0.1) is 0 Å². The number of ether oxygens (including phenoxy) is 1. The maximum absolute atomic E-state index is 13.2. The Labute approximate surface area is 85.8 Å². The van der Waals surface area contributed by atoms with E-state index >= 15 is 0 Å². The van der Waals surface area contributed by atoms with Crippen LogP contribution in [0.5, 0.6) is 0 Å². The Morgan fingerprint density at radius 1 is 1.47 bits per heavy atom. The maximum Gasteiger partial charge on any atom is 0.377 e. The van der Waals surface area contributed by atoms with Crippen molar-refractivity contribution >= 4 is 5.97 Å². The number of carboxylic acid groups (broad SMARTS) is 1. The van der Waals surface area contributed by atoms with Crippen LogP contribution in [0.4, 0.5) is 8.78 Å². The molecule has 0 heterocycles. The molecule has 0 radical (unpaired) electrons. The molecule has 1 rings (SSSR count). The number of rotatable bonds is 3. The van der Waals surface area contributed by atoms with Crippen LogP contribution in [0.1, 0.15) is 25.7 Å². The molecule has 15 heavy (non-hydrogen) atoms. The summed E-state index contributed by atoms with van der Waals surface area (Å²) in [6, 6.07) is 0. The number of alkyl halides is 2. The molecule has 4 nitrogen and oxygen atoms in total. The summed E-state index contributed by atoms with van der Waals surface area (Å²) in [7, 11) is 1.46. The molecule has 0 saturated heterocycles. The molecule has 1 saturated carbocycles. The smallest absolute Gasteiger partial charge is 0.377 e. The highest BCUT2D eigenvalue weighted by molar-refractivity contribution is 5.77. The lowest BCUT2D eigenvalue weighted by atomic mass is 9.79. The highest BCUT2D eigenvalue weighted by Gasteiger charge is 2.59. The van der Waals surface area contributed by atoms with E-state index in [2.05, 4.69) is 0 Å². The standard InChI is InChI=1S/C9H14F2O4/c1-15-6-2-4-8(14,5-3-6)9(10,11)7(12)13/h6,14H,2-5H2,1H3,(H,12,13). The molecule has 6 heteroatoms. The summed E-state index contributed by atoms with van der Waals surface area (Å²) < 4.78 is 31.3. The molecular weight excluding hydrogens is 210 g/mol. The second-order valence-corrected chi connectivity index (χ2v) is 3.85. The van der Waals surface area contributed by atoms with Crippen molar-refractivity contribution in [2.45, 2.75) is 43.3 Å². The molecule has 0 amide bonds.